The van der Waals surface area contributed by atoms with Crippen LogP contribution >= 0.6 is 0 Å². The lowest BCUT2D eigenvalue weighted by Crippen LogP contribution is -2.37. The van der Waals surface area contributed by atoms with Gasteiger partial charge >= 0.3 is 0 Å². The van der Waals surface area contributed by atoms with Crippen molar-refractivity contribution in [2.45, 2.75) is 38.1 Å². The highest BCUT2D eigenvalue weighted by atomic mass is 32.2. The Kier molecular flexibility index (Phi) is 3.53. The summed E-state index contributed by atoms with van der Waals surface area (Å²) < 4.78 is 24.8. The first-order valence-corrected chi connectivity index (χ1v) is 6.08. The third kappa shape index (κ3) is 3.11. The molecular weight excluding hydrogens is 174 g/mol. The van der Waals surface area contributed by atoms with E-state index in [-0.39, 0.29) is 11.8 Å². The van der Waals surface area contributed by atoms with Crippen LogP contribution in [-0.2, 0) is 10.0 Å². The van der Waals surface area contributed by atoms with Gasteiger partial charge in [0, 0.05) is 6.04 Å². The molecule has 71 valence electrons. The van der Waals surface area contributed by atoms with Gasteiger partial charge in [-0.25, -0.2) is 13.1 Å². The molecule has 1 aliphatic rings. The van der Waals surface area contributed by atoms with E-state index in [2.05, 4.69) is 11.6 Å². The molecule has 0 aromatic heterocycles. The Morgan fingerprint density at radius 2 is 1.83 bits per heavy atom. The molecule has 0 aliphatic heterocycles. The summed E-state index contributed by atoms with van der Waals surface area (Å²) in [6.07, 6.45) is 5.50. The fourth-order valence-corrected chi connectivity index (χ4v) is 2.39. The van der Waals surface area contributed by atoms with Crippen LogP contribution in [0, 0.1) is 6.92 Å². The highest BCUT2D eigenvalue weighted by Gasteiger charge is 2.18. The summed E-state index contributed by atoms with van der Waals surface area (Å²) in [7, 11) is -3.08. The van der Waals surface area contributed by atoms with Crippen molar-refractivity contribution in [2.75, 3.05) is 5.75 Å². The van der Waals surface area contributed by atoms with E-state index in [1.54, 1.807) is 0 Å². The summed E-state index contributed by atoms with van der Waals surface area (Å²) in [5.74, 6) is -0.0521. The zero-order valence-corrected chi connectivity index (χ0v) is 8.07. The van der Waals surface area contributed by atoms with Crippen LogP contribution in [0.1, 0.15) is 32.1 Å². The molecule has 4 heteroatoms. The Balaban J connectivity index is 2.39. The lowest BCUT2D eigenvalue weighted by molar-refractivity contribution is 0.412. The van der Waals surface area contributed by atoms with Crippen molar-refractivity contribution in [1.82, 2.24) is 4.72 Å². The van der Waals surface area contributed by atoms with Crippen LogP contribution in [0.3, 0.4) is 0 Å². The van der Waals surface area contributed by atoms with Gasteiger partial charge in [-0.1, -0.05) is 19.3 Å². The van der Waals surface area contributed by atoms with Crippen LogP contribution in [0.25, 0.3) is 0 Å². The molecule has 3 nitrogen and oxygen atoms in total. The average Bonchev–Trinajstić information content (AvgIpc) is 2.06. The highest BCUT2D eigenvalue weighted by Crippen LogP contribution is 2.17. The average molecular weight is 190 g/mol. The molecule has 0 atom stereocenters. The Morgan fingerprint density at radius 3 is 2.33 bits per heavy atom. The molecule has 1 aliphatic carbocycles. The second kappa shape index (κ2) is 4.23. The number of rotatable bonds is 3. The lowest BCUT2D eigenvalue weighted by Gasteiger charge is -2.22. The number of nitrogens with one attached hydrogen (secondary N) is 1. The van der Waals surface area contributed by atoms with Crippen molar-refractivity contribution in [3.05, 3.63) is 6.92 Å². The highest BCUT2D eigenvalue weighted by molar-refractivity contribution is 7.89. The maximum atomic E-state index is 11.1. The first-order chi connectivity index (χ1) is 5.64. The molecule has 0 aromatic rings. The minimum atomic E-state index is -3.08. The Bertz CT molecular complexity index is 217. The molecule has 1 saturated carbocycles. The largest absolute Gasteiger partial charge is 0.212 e. The molecule has 0 amide bonds. The smallest absolute Gasteiger partial charge is 0.211 e. The van der Waals surface area contributed by atoms with Crippen LogP contribution in [-0.4, -0.2) is 20.2 Å². The summed E-state index contributed by atoms with van der Waals surface area (Å²) in [5, 5.41) is 0. The van der Waals surface area contributed by atoms with E-state index in [1.807, 2.05) is 0 Å². The number of hydrogen-bond donors (Lipinski definition) is 1. The van der Waals surface area contributed by atoms with Crippen molar-refractivity contribution >= 4 is 10.0 Å². The zero-order valence-electron chi connectivity index (χ0n) is 7.25. The first-order valence-electron chi connectivity index (χ1n) is 4.43. The van der Waals surface area contributed by atoms with E-state index in [0.29, 0.717) is 0 Å². The van der Waals surface area contributed by atoms with Crippen LogP contribution in [0.15, 0.2) is 0 Å². The summed E-state index contributed by atoms with van der Waals surface area (Å²) in [5.41, 5.74) is 0. The third-order valence-corrected chi connectivity index (χ3v) is 3.45. The van der Waals surface area contributed by atoms with Crippen molar-refractivity contribution in [1.29, 1.82) is 0 Å². The Morgan fingerprint density at radius 1 is 1.25 bits per heavy atom. The number of sulfonamides is 1. The van der Waals surface area contributed by atoms with Gasteiger partial charge in [0.1, 0.15) is 0 Å². The molecule has 1 rings (SSSR count). The minimum Gasteiger partial charge on any atom is -0.212 e. The third-order valence-electron chi connectivity index (χ3n) is 2.22. The second-order valence-electron chi connectivity index (χ2n) is 3.27. The molecule has 0 bridgehead atoms. The standard InChI is InChI=1S/C8H16NO2S/c1-2-12(10,11)9-8-6-4-3-5-7-8/h8-9H,1-7H2. The molecule has 0 unspecified atom stereocenters. The van der Waals surface area contributed by atoms with Gasteiger partial charge < -0.3 is 0 Å². The van der Waals surface area contributed by atoms with E-state index in [9.17, 15) is 8.42 Å². The van der Waals surface area contributed by atoms with Crippen LogP contribution in [0.4, 0.5) is 0 Å². The summed E-state index contributed by atoms with van der Waals surface area (Å²) in [4.78, 5) is 0. The molecule has 1 fully saturated rings. The summed E-state index contributed by atoms with van der Waals surface area (Å²) in [6, 6.07) is 0.172. The molecule has 12 heavy (non-hydrogen) atoms. The van der Waals surface area contributed by atoms with E-state index in [4.69, 9.17) is 0 Å². The molecule has 0 aromatic carbocycles. The van der Waals surface area contributed by atoms with Gasteiger partial charge in [-0.05, 0) is 19.8 Å². The van der Waals surface area contributed by atoms with Gasteiger partial charge in [0.05, 0.1) is 5.75 Å². The second-order valence-corrected chi connectivity index (χ2v) is 5.15. The van der Waals surface area contributed by atoms with Gasteiger partial charge in [0.15, 0.2) is 0 Å². The van der Waals surface area contributed by atoms with Crippen molar-refractivity contribution < 1.29 is 8.42 Å². The van der Waals surface area contributed by atoms with E-state index < -0.39 is 10.0 Å². The van der Waals surface area contributed by atoms with Crippen molar-refractivity contribution in [2.24, 2.45) is 0 Å². The molecule has 1 N–H and O–H groups in total. The van der Waals surface area contributed by atoms with Crippen LogP contribution in [0.5, 0.6) is 0 Å². The summed E-state index contributed by atoms with van der Waals surface area (Å²) in [6.45, 7) is 3.37. The Hall–Kier alpha value is -0.0900. The predicted octanol–water partition coefficient (Wildman–Crippen LogP) is 1.07. The van der Waals surface area contributed by atoms with Crippen molar-refractivity contribution in [3.8, 4) is 0 Å². The SMILES string of the molecule is [CH2]CS(=O)(=O)NC1CCCCC1. The molecule has 0 spiro atoms. The molecule has 0 heterocycles. The number of hydrogen-bond acceptors (Lipinski definition) is 2. The molecule has 0 saturated heterocycles. The van der Waals surface area contributed by atoms with Crippen LogP contribution in [0.2, 0.25) is 0 Å². The maximum absolute atomic E-state index is 11.1. The summed E-state index contributed by atoms with van der Waals surface area (Å²) >= 11 is 0. The Labute approximate surface area is 74.6 Å². The van der Waals surface area contributed by atoms with E-state index >= 15 is 0 Å². The lowest BCUT2D eigenvalue weighted by atomic mass is 9.96. The fourth-order valence-electron chi connectivity index (χ4n) is 1.53. The van der Waals surface area contributed by atoms with E-state index in [1.165, 1.54) is 6.42 Å². The first kappa shape index (κ1) is 9.99. The fraction of sp³-hybridized carbons (Fsp3) is 0.875. The molecular formula is C8H16NO2S. The normalized spacial score (nSPS) is 21.1. The van der Waals surface area contributed by atoms with Crippen LogP contribution < -0.4 is 4.72 Å². The zero-order chi connectivity index (χ0) is 9.03. The van der Waals surface area contributed by atoms with Gasteiger partial charge in [-0.3, -0.25) is 0 Å². The topological polar surface area (TPSA) is 46.2 Å². The van der Waals surface area contributed by atoms with Gasteiger partial charge in [-0.2, -0.15) is 0 Å². The maximum Gasteiger partial charge on any atom is 0.211 e. The van der Waals surface area contributed by atoms with Gasteiger partial charge in [0.25, 0.3) is 0 Å². The monoisotopic (exact) mass is 190 g/mol. The van der Waals surface area contributed by atoms with Gasteiger partial charge in [0.2, 0.25) is 10.0 Å². The van der Waals surface area contributed by atoms with Crippen molar-refractivity contribution in [3.63, 3.8) is 0 Å². The van der Waals surface area contributed by atoms with E-state index in [0.717, 1.165) is 25.7 Å². The van der Waals surface area contributed by atoms with Gasteiger partial charge in [-0.15, -0.1) is 0 Å². The molecule has 1 radical (unpaired) electrons. The quantitative estimate of drug-likeness (QED) is 0.723. The predicted molar refractivity (Wildman–Crippen MR) is 49.2 cm³/mol. The minimum absolute atomic E-state index is 0.0521.